The smallest absolute Gasteiger partial charge is 0.287 e. The van der Waals surface area contributed by atoms with Crippen LogP contribution >= 0.6 is 0 Å². The number of pyridine rings is 1. The van der Waals surface area contributed by atoms with Crippen molar-refractivity contribution in [1.29, 1.82) is 0 Å². The number of hydrogen-bond acceptors (Lipinski definition) is 8. The average molecular weight is 305 g/mol. The van der Waals surface area contributed by atoms with Gasteiger partial charge in [0, 0.05) is 38.4 Å². The van der Waals surface area contributed by atoms with Gasteiger partial charge in [0.15, 0.2) is 5.82 Å². The normalized spacial score (nSPS) is 14.8. The second kappa shape index (κ2) is 6.16. The van der Waals surface area contributed by atoms with Crippen molar-refractivity contribution in [2.75, 3.05) is 13.7 Å². The summed E-state index contributed by atoms with van der Waals surface area (Å²) >= 11 is 0. The van der Waals surface area contributed by atoms with Crippen LogP contribution in [0.25, 0.3) is 0 Å². The molecule has 0 radical (unpaired) electrons. The molecule has 3 rings (SSSR count). The van der Waals surface area contributed by atoms with Crippen molar-refractivity contribution in [1.82, 2.24) is 20.0 Å². The molecule has 0 saturated heterocycles. The van der Waals surface area contributed by atoms with Gasteiger partial charge in [0.1, 0.15) is 12.8 Å². The van der Waals surface area contributed by atoms with E-state index in [1.54, 1.807) is 13.2 Å². The van der Waals surface area contributed by atoms with Gasteiger partial charge < -0.3 is 9.26 Å². The fourth-order valence-corrected chi connectivity index (χ4v) is 2.44. The maximum absolute atomic E-state index is 10.8. The lowest BCUT2D eigenvalue weighted by atomic mass is 10.1. The number of methoxy groups -OCH3 is 1. The van der Waals surface area contributed by atoms with Crippen LogP contribution in [0.5, 0.6) is 0 Å². The van der Waals surface area contributed by atoms with Crippen molar-refractivity contribution in [3.8, 4) is 0 Å². The molecule has 0 bridgehead atoms. The van der Waals surface area contributed by atoms with E-state index in [1.165, 1.54) is 6.20 Å². The minimum Gasteiger partial charge on any atom is -0.377 e. The fourth-order valence-electron chi connectivity index (χ4n) is 2.44. The first kappa shape index (κ1) is 14.5. The first-order valence-electron chi connectivity index (χ1n) is 6.80. The Morgan fingerprint density at radius 1 is 1.55 bits per heavy atom. The molecule has 0 atom stereocenters. The van der Waals surface area contributed by atoms with Crippen LogP contribution in [-0.2, 0) is 30.9 Å². The zero-order valence-electron chi connectivity index (χ0n) is 12.1. The van der Waals surface area contributed by atoms with E-state index in [-0.39, 0.29) is 5.69 Å². The van der Waals surface area contributed by atoms with Crippen molar-refractivity contribution in [2.45, 2.75) is 26.1 Å². The van der Waals surface area contributed by atoms with E-state index in [0.29, 0.717) is 31.4 Å². The molecular weight excluding hydrogens is 290 g/mol. The Labute approximate surface area is 126 Å². The van der Waals surface area contributed by atoms with Crippen LogP contribution in [0.15, 0.2) is 16.8 Å². The molecule has 9 nitrogen and oxygen atoms in total. The van der Waals surface area contributed by atoms with Crippen LogP contribution in [-0.4, -0.2) is 38.6 Å². The number of aromatic nitrogens is 3. The van der Waals surface area contributed by atoms with Gasteiger partial charge in [-0.25, -0.2) is 0 Å². The van der Waals surface area contributed by atoms with E-state index < -0.39 is 4.92 Å². The lowest BCUT2D eigenvalue weighted by Gasteiger charge is -2.26. The standard InChI is InChI=1S/C13H15N5O4/c1-21-8-12-15-13(22-16-12)7-17-3-2-11-9(6-17)4-10(5-14-11)18(19)20/h4-5H,2-3,6-8H2,1H3. The van der Waals surface area contributed by atoms with Gasteiger partial charge in [0.25, 0.3) is 5.69 Å². The Kier molecular flexibility index (Phi) is 4.07. The highest BCUT2D eigenvalue weighted by molar-refractivity contribution is 5.35. The van der Waals surface area contributed by atoms with Crippen LogP contribution in [0, 0.1) is 10.1 Å². The third kappa shape index (κ3) is 3.10. The molecule has 1 aliphatic rings. The Bertz CT molecular complexity index is 687. The van der Waals surface area contributed by atoms with E-state index in [0.717, 1.165) is 24.2 Å². The predicted molar refractivity (Wildman–Crippen MR) is 73.7 cm³/mol. The molecule has 0 fully saturated rings. The summed E-state index contributed by atoms with van der Waals surface area (Å²) in [6.45, 7) is 2.17. The highest BCUT2D eigenvalue weighted by Gasteiger charge is 2.22. The highest BCUT2D eigenvalue weighted by Crippen LogP contribution is 2.22. The van der Waals surface area contributed by atoms with Crippen LogP contribution < -0.4 is 0 Å². The molecule has 2 aromatic rings. The molecular formula is C13H15N5O4. The second-order valence-electron chi connectivity index (χ2n) is 5.05. The van der Waals surface area contributed by atoms with E-state index in [9.17, 15) is 10.1 Å². The zero-order chi connectivity index (χ0) is 15.5. The summed E-state index contributed by atoms with van der Waals surface area (Å²) in [4.78, 5) is 20.9. The molecule has 0 aliphatic carbocycles. The Morgan fingerprint density at radius 2 is 2.41 bits per heavy atom. The number of hydrogen-bond donors (Lipinski definition) is 0. The summed E-state index contributed by atoms with van der Waals surface area (Å²) in [6.07, 6.45) is 2.05. The predicted octanol–water partition coefficient (Wildman–Crippen LogP) is 1.08. The largest absolute Gasteiger partial charge is 0.377 e. The Balaban J connectivity index is 1.70. The average Bonchev–Trinajstić information content (AvgIpc) is 2.94. The van der Waals surface area contributed by atoms with E-state index in [1.807, 2.05) is 0 Å². The Morgan fingerprint density at radius 3 is 3.18 bits per heavy atom. The Hall–Kier alpha value is -2.39. The molecule has 1 aliphatic heterocycles. The summed E-state index contributed by atoms with van der Waals surface area (Å²) in [6, 6.07) is 1.58. The summed E-state index contributed by atoms with van der Waals surface area (Å²) in [5.74, 6) is 1.01. The zero-order valence-corrected chi connectivity index (χ0v) is 12.1. The monoisotopic (exact) mass is 305 g/mol. The molecule has 2 aromatic heterocycles. The third-order valence-corrected chi connectivity index (χ3v) is 3.46. The quantitative estimate of drug-likeness (QED) is 0.596. The number of nitro groups is 1. The van der Waals surface area contributed by atoms with Crippen LogP contribution in [0.4, 0.5) is 5.69 Å². The van der Waals surface area contributed by atoms with Gasteiger partial charge in [0.05, 0.1) is 11.5 Å². The van der Waals surface area contributed by atoms with E-state index in [2.05, 4.69) is 20.0 Å². The summed E-state index contributed by atoms with van der Waals surface area (Å²) in [5.41, 5.74) is 1.80. The third-order valence-electron chi connectivity index (χ3n) is 3.46. The van der Waals surface area contributed by atoms with Crippen molar-refractivity contribution < 1.29 is 14.2 Å². The number of fused-ring (bicyclic) bond motifs is 1. The number of nitrogens with zero attached hydrogens (tertiary/aromatic N) is 5. The molecule has 116 valence electrons. The van der Waals surface area contributed by atoms with Gasteiger partial charge in [-0.3, -0.25) is 20.0 Å². The van der Waals surface area contributed by atoms with Crippen LogP contribution in [0.2, 0.25) is 0 Å². The van der Waals surface area contributed by atoms with Crippen molar-refractivity contribution in [3.63, 3.8) is 0 Å². The minimum atomic E-state index is -0.429. The first-order chi connectivity index (χ1) is 10.7. The van der Waals surface area contributed by atoms with Crippen molar-refractivity contribution >= 4 is 5.69 Å². The van der Waals surface area contributed by atoms with Crippen molar-refractivity contribution in [2.24, 2.45) is 0 Å². The molecule has 0 aromatic carbocycles. The molecule has 0 amide bonds. The fraction of sp³-hybridized carbons (Fsp3) is 0.462. The SMILES string of the molecule is COCc1noc(CN2CCc3ncc([N+](=O)[O-])cc3C2)n1. The maximum atomic E-state index is 10.8. The van der Waals surface area contributed by atoms with Gasteiger partial charge in [0.2, 0.25) is 5.89 Å². The molecule has 22 heavy (non-hydrogen) atoms. The lowest BCUT2D eigenvalue weighted by Crippen LogP contribution is -2.30. The van der Waals surface area contributed by atoms with Crippen molar-refractivity contribution in [3.05, 3.63) is 45.4 Å². The number of ether oxygens (including phenoxy) is 1. The van der Waals surface area contributed by atoms with Gasteiger partial charge in [-0.05, 0) is 5.56 Å². The summed E-state index contributed by atoms with van der Waals surface area (Å²) in [7, 11) is 1.57. The van der Waals surface area contributed by atoms with Gasteiger partial charge in [-0.1, -0.05) is 5.16 Å². The minimum absolute atomic E-state index is 0.0146. The van der Waals surface area contributed by atoms with Crippen LogP contribution in [0.3, 0.4) is 0 Å². The topological polar surface area (TPSA) is 107 Å². The van der Waals surface area contributed by atoms with Crippen LogP contribution in [0.1, 0.15) is 23.0 Å². The van der Waals surface area contributed by atoms with E-state index in [4.69, 9.17) is 9.26 Å². The number of rotatable bonds is 5. The summed E-state index contributed by atoms with van der Waals surface area (Å²) < 4.78 is 10.1. The molecule has 0 spiro atoms. The molecule has 0 unspecified atom stereocenters. The molecule has 0 saturated carbocycles. The second-order valence-corrected chi connectivity index (χ2v) is 5.05. The van der Waals surface area contributed by atoms with Gasteiger partial charge in [-0.2, -0.15) is 4.98 Å². The first-order valence-corrected chi connectivity index (χ1v) is 6.80. The lowest BCUT2D eigenvalue weighted by molar-refractivity contribution is -0.385. The van der Waals surface area contributed by atoms with Gasteiger partial charge >= 0.3 is 0 Å². The maximum Gasteiger partial charge on any atom is 0.287 e. The molecule has 9 heteroatoms. The molecule has 3 heterocycles. The highest BCUT2D eigenvalue weighted by atomic mass is 16.6. The van der Waals surface area contributed by atoms with Gasteiger partial charge in [-0.15, -0.1) is 0 Å². The van der Waals surface area contributed by atoms with E-state index >= 15 is 0 Å². The molecule has 0 N–H and O–H groups in total. The summed E-state index contributed by atoms with van der Waals surface area (Å²) in [5, 5.41) is 14.6.